The van der Waals surface area contributed by atoms with Crippen LogP contribution in [0.1, 0.15) is 28.4 Å². The maximum atomic E-state index is 13.5. The number of Topliss-reactive ketones (excluding diaryl/α,β-unsaturated/α-hetero) is 2. The predicted octanol–water partition coefficient (Wildman–Crippen LogP) is 4.44. The lowest BCUT2D eigenvalue weighted by Gasteiger charge is -2.31. The topological polar surface area (TPSA) is 34.1 Å². The van der Waals surface area contributed by atoms with Crippen LogP contribution in [0.5, 0.6) is 0 Å². The van der Waals surface area contributed by atoms with Crippen LogP contribution in [0.3, 0.4) is 0 Å². The zero-order valence-corrected chi connectivity index (χ0v) is 13.5. The molecule has 3 aromatic rings. The first kappa shape index (κ1) is 15.9. The highest BCUT2D eigenvalue weighted by Gasteiger charge is 2.46. The largest absolute Gasteiger partial charge is 0.298 e. The maximum absolute atomic E-state index is 13.5. The predicted molar refractivity (Wildman–Crippen MR) is 95.1 cm³/mol. The first-order chi connectivity index (χ1) is 11.7. The Kier molecular flexibility index (Phi) is 4.39. The average Bonchev–Trinajstić information content (AvgIpc) is 2.64. The summed E-state index contributed by atoms with van der Waals surface area (Å²) in [7, 11) is 0. The molecule has 3 rings (SSSR count). The zero-order valence-electron chi connectivity index (χ0n) is 13.5. The summed E-state index contributed by atoms with van der Waals surface area (Å²) in [6.45, 7) is 1.49. The summed E-state index contributed by atoms with van der Waals surface area (Å²) in [5.74, 6) is -0.387. The van der Waals surface area contributed by atoms with Gasteiger partial charge in [0, 0.05) is 5.56 Å². The Morgan fingerprint density at radius 2 is 1.00 bits per heavy atom. The molecule has 2 nitrogen and oxygen atoms in total. The Morgan fingerprint density at radius 1 is 0.625 bits per heavy atom. The number of benzene rings is 3. The van der Waals surface area contributed by atoms with Gasteiger partial charge in [-0.05, 0) is 18.1 Å². The minimum atomic E-state index is -1.33. The van der Waals surface area contributed by atoms with E-state index in [1.807, 2.05) is 78.9 Å². The number of hydrogen-bond donors (Lipinski definition) is 0. The van der Waals surface area contributed by atoms with Gasteiger partial charge in [0.1, 0.15) is 5.41 Å². The van der Waals surface area contributed by atoms with E-state index in [1.165, 1.54) is 6.92 Å². The fourth-order valence-electron chi connectivity index (χ4n) is 3.18. The molecule has 2 heteroatoms. The van der Waals surface area contributed by atoms with E-state index in [1.54, 1.807) is 12.1 Å². The van der Waals surface area contributed by atoms with Crippen molar-refractivity contribution in [1.82, 2.24) is 0 Å². The van der Waals surface area contributed by atoms with Crippen LogP contribution >= 0.6 is 0 Å². The van der Waals surface area contributed by atoms with Crippen LogP contribution < -0.4 is 0 Å². The van der Waals surface area contributed by atoms with Crippen LogP contribution in [0, 0.1) is 0 Å². The van der Waals surface area contributed by atoms with E-state index in [-0.39, 0.29) is 11.6 Å². The third kappa shape index (κ3) is 2.56. The Balaban J connectivity index is 2.32. The number of hydrogen-bond acceptors (Lipinski definition) is 2. The molecule has 0 radical (unpaired) electrons. The second-order valence-corrected chi connectivity index (χ2v) is 5.73. The van der Waals surface area contributed by atoms with Gasteiger partial charge in [0.05, 0.1) is 0 Å². The minimum Gasteiger partial charge on any atom is -0.298 e. The summed E-state index contributed by atoms with van der Waals surface area (Å²) in [4.78, 5) is 26.3. The molecule has 0 spiro atoms. The molecule has 0 N–H and O–H groups in total. The van der Waals surface area contributed by atoms with Crippen molar-refractivity contribution in [3.63, 3.8) is 0 Å². The van der Waals surface area contributed by atoms with Gasteiger partial charge in [-0.1, -0.05) is 91.0 Å². The van der Waals surface area contributed by atoms with E-state index in [2.05, 4.69) is 0 Å². The van der Waals surface area contributed by atoms with Gasteiger partial charge < -0.3 is 0 Å². The third-order valence-corrected chi connectivity index (χ3v) is 4.32. The van der Waals surface area contributed by atoms with Crippen molar-refractivity contribution in [1.29, 1.82) is 0 Å². The highest BCUT2D eigenvalue weighted by molar-refractivity contribution is 6.21. The molecule has 0 aliphatic carbocycles. The standard InChI is InChI=1S/C22H18O2/c1-17(23)22(19-13-7-3-8-14-19,20-15-9-4-10-16-20)21(24)18-11-5-2-6-12-18/h2-16H,1H3. The van der Waals surface area contributed by atoms with Crippen LogP contribution in [-0.4, -0.2) is 11.6 Å². The Morgan fingerprint density at radius 3 is 1.38 bits per heavy atom. The average molecular weight is 314 g/mol. The van der Waals surface area contributed by atoms with E-state index in [4.69, 9.17) is 0 Å². The van der Waals surface area contributed by atoms with Crippen molar-refractivity contribution in [3.8, 4) is 0 Å². The second-order valence-electron chi connectivity index (χ2n) is 5.73. The van der Waals surface area contributed by atoms with Crippen molar-refractivity contribution >= 4 is 11.6 Å². The summed E-state index contributed by atoms with van der Waals surface area (Å²) in [6.07, 6.45) is 0. The van der Waals surface area contributed by atoms with Crippen LogP contribution in [0.4, 0.5) is 0 Å². The number of ketones is 2. The van der Waals surface area contributed by atoms with E-state index in [9.17, 15) is 9.59 Å². The molecule has 24 heavy (non-hydrogen) atoms. The van der Waals surface area contributed by atoms with Crippen molar-refractivity contribution in [2.45, 2.75) is 12.3 Å². The molecule has 0 aliphatic heterocycles. The summed E-state index contributed by atoms with van der Waals surface area (Å²) >= 11 is 0. The van der Waals surface area contributed by atoms with Gasteiger partial charge in [-0.2, -0.15) is 0 Å². The van der Waals surface area contributed by atoms with Crippen molar-refractivity contribution in [3.05, 3.63) is 108 Å². The molecule has 0 saturated carbocycles. The van der Waals surface area contributed by atoms with E-state index >= 15 is 0 Å². The summed E-state index contributed by atoms with van der Waals surface area (Å²) in [5, 5.41) is 0. The quantitative estimate of drug-likeness (QED) is 0.515. The van der Waals surface area contributed by atoms with Crippen molar-refractivity contribution in [2.24, 2.45) is 0 Å². The van der Waals surface area contributed by atoms with E-state index in [0.717, 1.165) is 0 Å². The molecule has 3 aromatic carbocycles. The molecule has 0 atom stereocenters. The van der Waals surface area contributed by atoms with Crippen molar-refractivity contribution < 1.29 is 9.59 Å². The molecule has 0 fully saturated rings. The fraction of sp³-hybridized carbons (Fsp3) is 0.0909. The Bertz CT molecular complexity index is 797. The van der Waals surface area contributed by atoms with Crippen LogP contribution in [0.2, 0.25) is 0 Å². The van der Waals surface area contributed by atoms with Crippen LogP contribution in [0.15, 0.2) is 91.0 Å². The molecule has 0 aromatic heterocycles. The molecular formula is C22H18O2. The normalized spacial score (nSPS) is 11.0. The second kappa shape index (κ2) is 6.63. The monoisotopic (exact) mass is 314 g/mol. The third-order valence-electron chi connectivity index (χ3n) is 4.32. The molecule has 118 valence electrons. The van der Waals surface area contributed by atoms with Gasteiger partial charge in [0.25, 0.3) is 0 Å². The van der Waals surface area contributed by atoms with Gasteiger partial charge >= 0.3 is 0 Å². The lowest BCUT2D eigenvalue weighted by Crippen LogP contribution is -2.43. The first-order valence-corrected chi connectivity index (χ1v) is 7.89. The molecule has 0 bridgehead atoms. The lowest BCUT2D eigenvalue weighted by atomic mass is 9.67. The number of rotatable bonds is 5. The number of carbonyl (C=O) groups is 2. The van der Waals surface area contributed by atoms with Crippen LogP contribution in [-0.2, 0) is 10.2 Å². The lowest BCUT2D eigenvalue weighted by molar-refractivity contribution is -0.119. The molecular weight excluding hydrogens is 296 g/mol. The summed E-state index contributed by atoms with van der Waals surface area (Å²) in [6, 6.07) is 27.6. The summed E-state index contributed by atoms with van der Waals surface area (Å²) < 4.78 is 0. The fourth-order valence-corrected chi connectivity index (χ4v) is 3.18. The molecule has 0 saturated heterocycles. The molecule has 0 amide bonds. The molecule has 0 aliphatic rings. The number of carbonyl (C=O) groups excluding carboxylic acids is 2. The van der Waals surface area contributed by atoms with Gasteiger partial charge in [-0.3, -0.25) is 9.59 Å². The van der Waals surface area contributed by atoms with Crippen LogP contribution in [0.25, 0.3) is 0 Å². The first-order valence-electron chi connectivity index (χ1n) is 7.89. The van der Waals surface area contributed by atoms with E-state index in [0.29, 0.717) is 16.7 Å². The Hall–Kier alpha value is -3.00. The van der Waals surface area contributed by atoms with E-state index < -0.39 is 5.41 Å². The zero-order chi connectivity index (χ0) is 17.0. The Labute approximate surface area is 141 Å². The van der Waals surface area contributed by atoms with Gasteiger partial charge in [-0.15, -0.1) is 0 Å². The van der Waals surface area contributed by atoms with Crippen molar-refractivity contribution in [2.75, 3.05) is 0 Å². The minimum absolute atomic E-state index is 0.186. The van der Waals surface area contributed by atoms with Gasteiger partial charge in [0.15, 0.2) is 11.6 Å². The van der Waals surface area contributed by atoms with Gasteiger partial charge in [-0.25, -0.2) is 0 Å². The highest BCUT2D eigenvalue weighted by atomic mass is 16.2. The highest BCUT2D eigenvalue weighted by Crippen LogP contribution is 2.36. The maximum Gasteiger partial charge on any atom is 0.185 e. The SMILES string of the molecule is CC(=O)C(C(=O)c1ccccc1)(c1ccccc1)c1ccccc1. The molecule has 0 unspecified atom stereocenters. The summed E-state index contributed by atoms with van der Waals surface area (Å²) in [5.41, 5.74) is 0.583. The van der Waals surface area contributed by atoms with Gasteiger partial charge in [0.2, 0.25) is 0 Å². The molecule has 0 heterocycles. The smallest absolute Gasteiger partial charge is 0.185 e.